The summed E-state index contributed by atoms with van der Waals surface area (Å²) in [6.07, 6.45) is 8.99. The van der Waals surface area contributed by atoms with Gasteiger partial charge in [-0.15, -0.1) is 10.2 Å². The molecule has 1 unspecified atom stereocenters. The standard InChI is InChI=1S/C13H22N4/c1-10(14-11-6-5-7-11)13-16-15-12-8-3-2-4-9-17(12)13/h10-11,14H,2-9H2,1H3. The highest BCUT2D eigenvalue weighted by Crippen LogP contribution is 2.23. The molecule has 1 N–H and O–H groups in total. The predicted octanol–water partition coefficient (Wildman–Crippen LogP) is 2.21. The van der Waals surface area contributed by atoms with Crippen LogP contribution in [0.5, 0.6) is 0 Å². The van der Waals surface area contributed by atoms with Gasteiger partial charge in [0, 0.05) is 19.0 Å². The van der Waals surface area contributed by atoms with Gasteiger partial charge in [-0.2, -0.15) is 0 Å². The molecule has 17 heavy (non-hydrogen) atoms. The van der Waals surface area contributed by atoms with Crippen LogP contribution in [0.2, 0.25) is 0 Å². The van der Waals surface area contributed by atoms with Crippen LogP contribution in [0.15, 0.2) is 0 Å². The maximum atomic E-state index is 4.40. The lowest BCUT2D eigenvalue weighted by atomic mass is 9.92. The van der Waals surface area contributed by atoms with Crippen LogP contribution in [-0.4, -0.2) is 20.8 Å². The van der Waals surface area contributed by atoms with E-state index in [4.69, 9.17) is 0 Å². The number of rotatable bonds is 3. The Labute approximate surface area is 103 Å². The van der Waals surface area contributed by atoms with Crippen LogP contribution in [0.4, 0.5) is 0 Å². The van der Waals surface area contributed by atoms with Gasteiger partial charge in [-0.1, -0.05) is 12.8 Å². The van der Waals surface area contributed by atoms with E-state index in [-0.39, 0.29) is 0 Å². The molecule has 1 aromatic rings. The third-order valence-corrected chi connectivity index (χ3v) is 4.12. The van der Waals surface area contributed by atoms with Crippen LogP contribution in [0.1, 0.15) is 63.1 Å². The zero-order chi connectivity index (χ0) is 11.7. The number of aryl methyl sites for hydroxylation is 1. The second-order valence-corrected chi connectivity index (χ2v) is 5.45. The molecule has 4 nitrogen and oxygen atoms in total. The fraction of sp³-hybridized carbons (Fsp3) is 0.846. The maximum Gasteiger partial charge on any atom is 0.149 e. The SMILES string of the molecule is CC(NC1CCC1)c1nnc2n1CCCCC2. The lowest BCUT2D eigenvalue weighted by Crippen LogP contribution is -2.37. The third kappa shape index (κ3) is 2.23. The first-order valence-corrected chi connectivity index (χ1v) is 7.02. The van der Waals surface area contributed by atoms with Crippen molar-refractivity contribution in [3.63, 3.8) is 0 Å². The van der Waals surface area contributed by atoms with E-state index in [2.05, 4.69) is 27.0 Å². The van der Waals surface area contributed by atoms with E-state index in [1.807, 2.05) is 0 Å². The van der Waals surface area contributed by atoms with Crippen molar-refractivity contribution in [1.29, 1.82) is 0 Å². The quantitative estimate of drug-likeness (QED) is 0.872. The largest absolute Gasteiger partial charge is 0.314 e. The number of fused-ring (bicyclic) bond motifs is 1. The van der Waals surface area contributed by atoms with Crippen LogP contribution in [0, 0.1) is 0 Å². The molecule has 1 aliphatic carbocycles. The molecule has 1 fully saturated rings. The minimum atomic E-state index is 0.347. The molecule has 1 saturated carbocycles. The molecule has 0 aromatic carbocycles. The number of hydrogen-bond acceptors (Lipinski definition) is 3. The van der Waals surface area contributed by atoms with E-state index in [0.717, 1.165) is 18.8 Å². The fourth-order valence-corrected chi connectivity index (χ4v) is 2.83. The van der Waals surface area contributed by atoms with Gasteiger partial charge >= 0.3 is 0 Å². The van der Waals surface area contributed by atoms with Crippen LogP contribution >= 0.6 is 0 Å². The van der Waals surface area contributed by atoms with Crippen molar-refractivity contribution in [1.82, 2.24) is 20.1 Å². The van der Waals surface area contributed by atoms with Crippen LogP contribution in [0.25, 0.3) is 0 Å². The molecule has 0 saturated heterocycles. The number of nitrogens with zero attached hydrogens (tertiary/aromatic N) is 3. The van der Waals surface area contributed by atoms with Crippen molar-refractivity contribution in [2.45, 2.75) is 70.5 Å². The van der Waals surface area contributed by atoms with Gasteiger partial charge in [0.25, 0.3) is 0 Å². The van der Waals surface area contributed by atoms with E-state index in [1.165, 1.54) is 44.3 Å². The van der Waals surface area contributed by atoms with Gasteiger partial charge in [0.15, 0.2) is 0 Å². The van der Waals surface area contributed by atoms with E-state index < -0.39 is 0 Å². The summed E-state index contributed by atoms with van der Waals surface area (Å²) in [5, 5.41) is 12.4. The number of aromatic nitrogens is 3. The summed E-state index contributed by atoms with van der Waals surface area (Å²) in [6.45, 7) is 3.33. The van der Waals surface area contributed by atoms with Crippen molar-refractivity contribution in [2.75, 3.05) is 0 Å². The Hall–Kier alpha value is -0.900. The Balaban J connectivity index is 1.74. The average molecular weight is 234 g/mol. The fourth-order valence-electron chi connectivity index (χ4n) is 2.83. The molecule has 2 heterocycles. The molecule has 3 rings (SSSR count). The molecular formula is C13H22N4. The summed E-state index contributed by atoms with van der Waals surface area (Å²) in [6, 6.07) is 1.06. The van der Waals surface area contributed by atoms with Crippen LogP contribution in [-0.2, 0) is 13.0 Å². The van der Waals surface area contributed by atoms with E-state index in [9.17, 15) is 0 Å². The lowest BCUT2D eigenvalue weighted by Gasteiger charge is -2.29. The molecule has 0 amide bonds. The summed E-state index contributed by atoms with van der Waals surface area (Å²) in [4.78, 5) is 0. The predicted molar refractivity (Wildman–Crippen MR) is 66.8 cm³/mol. The lowest BCUT2D eigenvalue weighted by molar-refractivity contribution is 0.304. The average Bonchev–Trinajstić information content (AvgIpc) is 2.53. The van der Waals surface area contributed by atoms with E-state index >= 15 is 0 Å². The van der Waals surface area contributed by atoms with Gasteiger partial charge in [0.1, 0.15) is 11.6 Å². The van der Waals surface area contributed by atoms with Crippen molar-refractivity contribution in [3.8, 4) is 0 Å². The molecule has 0 spiro atoms. The zero-order valence-electron chi connectivity index (χ0n) is 10.7. The van der Waals surface area contributed by atoms with Crippen molar-refractivity contribution in [2.24, 2.45) is 0 Å². The Morgan fingerprint density at radius 2 is 2.06 bits per heavy atom. The van der Waals surface area contributed by atoms with E-state index in [0.29, 0.717) is 12.1 Å². The summed E-state index contributed by atoms with van der Waals surface area (Å²) >= 11 is 0. The van der Waals surface area contributed by atoms with Gasteiger partial charge in [0.2, 0.25) is 0 Å². The van der Waals surface area contributed by atoms with Crippen LogP contribution < -0.4 is 5.32 Å². The smallest absolute Gasteiger partial charge is 0.149 e. The molecular weight excluding hydrogens is 212 g/mol. The maximum absolute atomic E-state index is 4.40. The second kappa shape index (κ2) is 4.77. The Morgan fingerprint density at radius 1 is 1.18 bits per heavy atom. The molecule has 1 aliphatic heterocycles. The first-order chi connectivity index (χ1) is 8.34. The molecule has 1 atom stereocenters. The van der Waals surface area contributed by atoms with Gasteiger partial charge in [-0.05, 0) is 32.6 Å². The highest BCUT2D eigenvalue weighted by Gasteiger charge is 2.24. The van der Waals surface area contributed by atoms with Crippen molar-refractivity contribution < 1.29 is 0 Å². The molecule has 94 valence electrons. The first-order valence-electron chi connectivity index (χ1n) is 7.02. The second-order valence-electron chi connectivity index (χ2n) is 5.45. The molecule has 0 radical (unpaired) electrons. The summed E-state index contributed by atoms with van der Waals surface area (Å²) in [5.74, 6) is 2.34. The molecule has 2 aliphatic rings. The summed E-state index contributed by atoms with van der Waals surface area (Å²) in [5.41, 5.74) is 0. The summed E-state index contributed by atoms with van der Waals surface area (Å²) in [7, 11) is 0. The Morgan fingerprint density at radius 3 is 2.82 bits per heavy atom. The topological polar surface area (TPSA) is 42.7 Å². The normalized spacial score (nSPS) is 22.6. The number of nitrogens with one attached hydrogen (secondary N) is 1. The monoisotopic (exact) mass is 234 g/mol. The highest BCUT2D eigenvalue weighted by atomic mass is 15.3. The number of hydrogen-bond donors (Lipinski definition) is 1. The summed E-state index contributed by atoms with van der Waals surface area (Å²) < 4.78 is 2.35. The molecule has 0 bridgehead atoms. The third-order valence-electron chi connectivity index (χ3n) is 4.12. The van der Waals surface area contributed by atoms with Crippen LogP contribution in [0.3, 0.4) is 0 Å². The van der Waals surface area contributed by atoms with Gasteiger partial charge in [-0.25, -0.2) is 0 Å². The Kier molecular flexibility index (Phi) is 3.14. The van der Waals surface area contributed by atoms with Gasteiger partial charge in [0.05, 0.1) is 6.04 Å². The van der Waals surface area contributed by atoms with E-state index in [1.54, 1.807) is 0 Å². The highest BCUT2D eigenvalue weighted by molar-refractivity contribution is 5.02. The minimum Gasteiger partial charge on any atom is -0.314 e. The van der Waals surface area contributed by atoms with Gasteiger partial charge < -0.3 is 9.88 Å². The first kappa shape index (κ1) is 11.2. The molecule has 4 heteroatoms. The van der Waals surface area contributed by atoms with Crippen molar-refractivity contribution in [3.05, 3.63) is 11.6 Å². The Bertz CT molecular complexity index is 381. The van der Waals surface area contributed by atoms with Crippen molar-refractivity contribution >= 4 is 0 Å². The van der Waals surface area contributed by atoms with Gasteiger partial charge in [-0.3, -0.25) is 0 Å². The minimum absolute atomic E-state index is 0.347. The zero-order valence-corrected chi connectivity index (χ0v) is 10.7. The molecule has 1 aromatic heterocycles.